The summed E-state index contributed by atoms with van der Waals surface area (Å²) in [5.74, 6) is 0.505. The Balaban J connectivity index is 2.59. The van der Waals surface area contributed by atoms with Gasteiger partial charge in [-0.25, -0.2) is 0 Å². The van der Waals surface area contributed by atoms with E-state index in [2.05, 4.69) is 4.72 Å². The van der Waals surface area contributed by atoms with Gasteiger partial charge in [-0.05, 0) is 32.9 Å². The SMILES string of the molecule is CSCC(C)(O)CNS(=O)(=O)N1CCCCC1C. The van der Waals surface area contributed by atoms with Crippen LogP contribution in [0.5, 0.6) is 0 Å². The van der Waals surface area contributed by atoms with Gasteiger partial charge in [-0.1, -0.05) is 6.42 Å². The zero-order valence-electron chi connectivity index (χ0n) is 11.3. The standard InChI is InChI=1S/C11H24N2O3S2/c1-10-6-4-5-7-13(10)18(15,16)12-8-11(2,14)9-17-3/h10,12,14H,4-9H2,1-3H3. The highest BCUT2D eigenvalue weighted by atomic mass is 32.2. The fourth-order valence-corrected chi connectivity index (χ4v) is 4.45. The predicted octanol–water partition coefficient (Wildman–Crippen LogP) is 0.809. The zero-order chi connectivity index (χ0) is 13.8. The minimum atomic E-state index is -3.47. The lowest BCUT2D eigenvalue weighted by molar-refractivity contribution is 0.0899. The predicted molar refractivity (Wildman–Crippen MR) is 75.9 cm³/mol. The number of hydrogen-bond donors (Lipinski definition) is 2. The van der Waals surface area contributed by atoms with E-state index in [1.165, 1.54) is 16.1 Å². The second-order valence-electron chi connectivity index (χ2n) is 5.21. The first-order valence-corrected chi connectivity index (χ1v) is 9.10. The molecule has 0 aromatic rings. The average Bonchev–Trinajstić information content (AvgIpc) is 2.27. The maximum absolute atomic E-state index is 12.1. The summed E-state index contributed by atoms with van der Waals surface area (Å²) in [6, 6.07) is 0.0433. The van der Waals surface area contributed by atoms with Crippen LogP contribution < -0.4 is 4.72 Å². The number of aliphatic hydroxyl groups is 1. The summed E-state index contributed by atoms with van der Waals surface area (Å²) in [6.45, 7) is 4.20. The fourth-order valence-electron chi connectivity index (χ4n) is 2.12. The van der Waals surface area contributed by atoms with Gasteiger partial charge in [-0.3, -0.25) is 0 Å². The van der Waals surface area contributed by atoms with Crippen molar-refractivity contribution in [2.45, 2.75) is 44.8 Å². The van der Waals surface area contributed by atoms with Crippen molar-refractivity contribution in [3.8, 4) is 0 Å². The monoisotopic (exact) mass is 296 g/mol. The molecule has 2 atom stereocenters. The summed E-state index contributed by atoms with van der Waals surface area (Å²) >= 11 is 1.50. The van der Waals surface area contributed by atoms with Gasteiger partial charge < -0.3 is 5.11 Å². The molecule has 5 nitrogen and oxygen atoms in total. The zero-order valence-corrected chi connectivity index (χ0v) is 13.0. The molecule has 2 N–H and O–H groups in total. The third-order valence-corrected chi connectivity index (χ3v) is 5.72. The Morgan fingerprint density at radius 1 is 1.50 bits per heavy atom. The van der Waals surface area contributed by atoms with Crippen molar-refractivity contribution in [3.63, 3.8) is 0 Å². The molecule has 1 aliphatic rings. The number of thioether (sulfide) groups is 1. The van der Waals surface area contributed by atoms with Gasteiger partial charge in [-0.2, -0.15) is 29.2 Å². The summed E-state index contributed by atoms with van der Waals surface area (Å²) in [5.41, 5.74) is -1.01. The molecule has 0 aromatic heterocycles. The van der Waals surface area contributed by atoms with Gasteiger partial charge in [0.2, 0.25) is 0 Å². The van der Waals surface area contributed by atoms with Gasteiger partial charge in [0, 0.05) is 24.9 Å². The molecule has 1 heterocycles. The first-order valence-electron chi connectivity index (χ1n) is 6.26. The van der Waals surface area contributed by atoms with E-state index in [9.17, 15) is 13.5 Å². The van der Waals surface area contributed by atoms with Gasteiger partial charge in [0.05, 0.1) is 5.60 Å². The lowest BCUT2D eigenvalue weighted by atomic mass is 10.1. The van der Waals surface area contributed by atoms with Crippen molar-refractivity contribution in [2.75, 3.05) is 25.1 Å². The van der Waals surface area contributed by atoms with Crippen LogP contribution in [0.25, 0.3) is 0 Å². The lowest BCUT2D eigenvalue weighted by Gasteiger charge is -2.33. The van der Waals surface area contributed by atoms with Crippen LogP contribution in [-0.4, -0.2) is 54.6 Å². The smallest absolute Gasteiger partial charge is 0.279 e. The first kappa shape index (κ1) is 16.2. The van der Waals surface area contributed by atoms with Crippen LogP contribution in [-0.2, 0) is 10.2 Å². The van der Waals surface area contributed by atoms with Crippen LogP contribution in [0.3, 0.4) is 0 Å². The van der Waals surface area contributed by atoms with E-state index in [-0.39, 0.29) is 12.6 Å². The van der Waals surface area contributed by atoms with Crippen LogP contribution >= 0.6 is 11.8 Å². The number of piperidine rings is 1. The van der Waals surface area contributed by atoms with Crippen LogP contribution in [0, 0.1) is 0 Å². The summed E-state index contributed by atoms with van der Waals surface area (Å²) in [7, 11) is -3.47. The highest BCUT2D eigenvalue weighted by Crippen LogP contribution is 2.19. The quantitative estimate of drug-likeness (QED) is 0.761. The molecule has 0 amide bonds. The molecule has 2 unspecified atom stereocenters. The molecule has 1 fully saturated rings. The van der Waals surface area contributed by atoms with Crippen molar-refractivity contribution >= 4 is 22.0 Å². The van der Waals surface area contributed by atoms with Crippen molar-refractivity contribution in [1.82, 2.24) is 9.03 Å². The molecule has 0 saturated carbocycles. The molecular weight excluding hydrogens is 272 g/mol. The Bertz CT molecular complexity index is 357. The second-order valence-corrected chi connectivity index (χ2v) is 7.79. The molecule has 0 aliphatic carbocycles. The van der Waals surface area contributed by atoms with E-state index < -0.39 is 15.8 Å². The Kier molecular flexibility index (Phi) is 5.92. The summed E-state index contributed by atoms with van der Waals surface area (Å²) in [5, 5.41) is 9.98. The fraction of sp³-hybridized carbons (Fsp3) is 1.00. The molecule has 0 aromatic carbocycles. The molecule has 18 heavy (non-hydrogen) atoms. The molecule has 0 bridgehead atoms. The van der Waals surface area contributed by atoms with Crippen LogP contribution in [0.1, 0.15) is 33.1 Å². The van der Waals surface area contributed by atoms with E-state index >= 15 is 0 Å². The number of nitrogens with zero attached hydrogens (tertiary/aromatic N) is 1. The van der Waals surface area contributed by atoms with Crippen LogP contribution in [0.4, 0.5) is 0 Å². The Morgan fingerprint density at radius 3 is 2.72 bits per heavy atom. The molecule has 0 spiro atoms. The summed E-state index contributed by atoms with van der Waals surface area (Å²) in [6.07, 6.45) is 4.78. The summed E-state index contributed by atoms with van der Waals surface area (Å²) < 4.78 is 28.3. The number of rotatable bonds is 6. The third-order valence-electron chi connectivity index (χ3n) is 3.14. The Morgan fingerprint density at radius 2 is 2.17 bits per heavy atom. The normalized spacial score (nSPS) is 25.9. The highest BCUT2D eigenvalue weighted by molar-refractivity contribution is 7.98. The number of nitrogens with one attached hydrogen (secondary N) is 1. The molecule has 1 saturated heterocycles. The van der Waals surface area contributed by atoms with E-state index in [0.717, 1.165) is 19.3 Å². The Labute approximate surface area is 115 Å². The van der Waals surface area contributed by atoms with E-state index in [1.54, 1.807) is 6.92 Å². The molecular formula is C11H24N2O3S2. The highest BCUT2D eigenvalue weighted by Gasteiger charge is 2.31. The van der Waals surface area contributed by atoms with Crippen molar-refractivity contribution in [3.05, 3.63) is 0 Å². The molecule has 7 heteroatoms. The maximum atomic E-state index is 12.1. The lowest BCUT2D eigenvalue weighted by Crippen LogP contribution is -2.51. The van der Waals surface area contributed by atoms with Crippen LogP contribution in [0.2, 0.25) is 0 Å². The topological polar surface area (TPSA) is 69.6 Å². The van der Waals surface area contributed by atoms with E-state index in [1.807, 2.05) is 13.2 Å². The molecule has 0 radical (unpaired) electrons. The third kappa shape index (κ3) is 4.70. The Hall–Kier alpha value is 0.180. The summed E-state index contributed by atoms with van der Waals surface area (Å²) in [4.78, 5) is 0. The second kappa shape index (κ2) is 6.56. The maximum Gasteiger partial charge on any atom is 0.279 e. The van der Waals surface area contributed by atoms with Gasteiger partial charge in [0.15, 0.2) is 0 Å². The molecule has 1 aliphatic heterocycles. The van der Waals surface area contributed by atoms with Gasteiger partial charge in [-0.15, -0.1) is 0 Å². The molecule has 108 valence electrons. The first-order chi connectivity index (χ1) is 8.28. The molecule has 1 rings (SSSR count). The van der Waals surface area contributed by atoms with Gasteiger partial charge in [0.25, 0.3) is 10.2 Å². The largest absolute Gasteiger partial charge is 0.388 e. The van der Waals surface area contributed by atoms with Crippen molar-refractivity contribution < 1.29 is 13.5 Å². The van der Waals surface area contributed by atoms with E-state index in [0.29, 0.717) is 12.3 Å². The van der Waals surface area contributed by atoms with Crippen molar-refractivity contribution in [2.24, 2.45) is 0 Å². The minimum Gasteiger partial charge on any atom is -0.388 e. The van der Waals surface area contributed by atoms with Crippen LogP contribution in [0.15, 0.2) is 0 Å². The van der Waals surface area contributed by atoms with Crippen molar-refractivity contribution in [1.29, 1.82) is 0 Å². The van der Waals surface area contributed by atoms with Gasteiger partial charge in [0.1, 0.15) is 0 Å². The van der Waals surface area contributed by atoms with E-state index in [4.69, 9.17) is 0 Å². The minimum absolute atomic E-state index is 0.0433. The van der Waals surface area contributed by atoms with Gasteiger partial charge >= 0.3 is 0 Å². The average molecular weight is 296 g/mol. The number of hydrogen-bond acceptors (Lipinski definition) is 4.